The number of primary amides is 1. The number of nitrogens with two attached hydrogens (primary N) is 1. The second kappa shape index (κ2) is 19.5. The lowest BCUT2D eigenvalue weighted by molar-refractivity contribution is -0.133. The van der Waals surface area contributed by atoms with Crippen molar-refractivity contribution in [2.75, 3.05) is 13.3 Å². The van der Waals surface area contributed by atoms with Gasteiger partial charge in [-0.05, 0) is 62.1 Å². The third-order valence-corrected chi connectivity index (χ3v) is 7.84. The predicted octanol–water partition coefficient (Wildman–Crippen LogP) is 4.34. The summed E-state index contributed by atoms with van der Waals surface area (Å²) in [7, 11) is 0. The van der Waals surface area contributed by atoms with Gasteiger partial charge in [-0.15, -0.1) is 0 Å². The Kier molecular flexibility index (Phi) is 16.2. The van der Waals surface area contributed by atoms with Gasteiger partial charge in [-0.1, -0.05) is 58.6 Å². The second-order valence-corrected chi connectivity index (χ2v) is 11.3. The molecule has 240 valence electrons. The Morgan fingerprint density at radius 2 is 1.70 bits per heavy atom. The first-order valence-corrected chi connectivity index (χ1v) is 15.6. The number of unbranched alkanes of at least 4 members (excludes halogenated alkanes) is 2. The van der Waals surface area contributed by atoms with Crippen molar-refractivity contribution in [3.63, 3.8) is 0 Å². The molecule has 11 heteroatoms. The van der Waals surface area contributed by atoms with E-state index in [4.69, 9.17) is 19.9 Å². The Morgan fingerprint density at radius 3 is 2.33 bits per heavy atom. The van der Waals surface area contributed by atoms with E-state index in [1.165, 1.54) is 0 Å². The number of Topliss-reactive ketones (excluding diaryl/α,β-unsaturated/α-hetero) is 1. The fourth-order valence-electron chi connectivity index (χ4n) is 5.00. The van der Waals surface area contributed by atoms with Gasteiger partial charge in [-0.2, -0.15) is 0 Å². The maximum atomic E-state index is 13.5. The molecule has 1 fully saturated rings. The minimum Gasteiger partial charge on any atom is -0.457 e. The van der Waals surface area contributed by atoms with Crippen LogP contribution >= 0.6 is 0 Å². The molecule has 0 saturated heterocycles. The highest BCUT2D eigenvalue weighted by Crippen LogP contribution is 2.23. The van der Waals surface area contributed by atoms with E-state index in [0.717, 1.165) is 56.9 Å². The monoisotopic (exact) mass is 603 g/mol. The van der Waals surface area contributed by atoms with E-state index in [0.29, 0.717) is 18.6 Å². The van der Waals surface area contributed by atoms with Crippen molar-refractivity contribution in [2.45, 2.75) is 110 Å². The van der Waals surface area contributed by atoms with Crippen molar-refractivity contribution in [1.29, 1.82) is 0 Å². The Balaban J connectivity index is 2.02. The summed E-state index contributed by atoms with van der Waals surface area (Å²) in [6, 6.07) is 6.08. The first kappa shape index (κ1) is 35.6. The second-order valence-electron chi connectivity index (χ2n) is 11.3. The van der Waals surface area contributed by atoms with Crippen LogP contribution in [0.1, 0.15) is 97.0 Å². The smallest absolute Gasteiger partial charge is 0.457 e. The third-order valence-electron chi connectivity index (χ3n) is 7.84. The van der Waals surface area contributed by atoms with E-state index < -0.39 is 29.9 Å². The molecule has 0 bridgehead atoms. The van der Waals surface area contributed by atoms with Crippen molar-refractivity contribution in [1.82, 2.24) is 10.6 Å². The van der Waals surface area contributed by atoms with Crippen molar-refractivity contribution in [3.8, 4) is 5.75 Å². The molecule has 1 aliphatic carbocycles. The van der Waals surface area contributed by atoms with Gasteiger partial charge in [0.2, 0.25) is 24.5 Å². The minimum atomic E-state index is -0.839. The van der Waals surface area contributed by atoms with Crippen molar-refractivity contribution in [3.05, 3.63) is 29.8 Å². The number of ether oxygens (including phenoxy) is 3. The minimum absolute atomic E-state index is 0.0883. The number of hydrogen-bond acceptors (Lipinski definition) is 8. The maximum Gasteiger partial charge on any atom is 0.511 e. The van der Waals surface area contributed by atoms with Crippen LogP contribution < -0.4 is 21.1 Å². The van der Waals surface area contributed by atoms with E-state index in [9.17, 15) is 24.0 Å². The lowest BCUT2D eigenvalue weighted by atomic mass is 9.84. The normalized spacial score (nSPS) is 15.4. The molecule has 2 rings (SSSR count). The van der Waals surface area contributed by atoms with Crippen LogP contribution in [0.2, 0.25) is 0 Å². The quantitative estimate of drug-likeness (QED) is 0.119. The lowest BCUT2D eigenvalue weighted by Gasteiger charge is -2.25. The standard InChI is InChI=1S/C32H49N3O8/c1-4-6-8-13-30(38)35-27(28(36)19-26(22(3)5-2)31(39)34-20-29(33)37)18-23-14-16-24(17-15-23)41-21-42-32(40)43-25-11-9-7-10-12-25/h14-17,22,25-27H,4-13,18-21H2,1-3H3,(H2,33,37)(H,34,39)(H,35,38). The van der Waals surface area contributed by atoms with E-state index >= 15 is 0 Å². The summed E-state index contributed by atoms with van der Waals surface area (Å²) in [4.78, 5) is 62.1. The molecule has 3 atom stereocenters. The van der Waals surface area contributed by atoms with Crippen molar-refractivity contribution >= 4 is 29.7 Å². The van der Waals surface area contributed by atoms with E-state index in [-0.39, 0.29) is 49.9 Å². The fourth-order valence-corrected chi connectivity index (χ4v) is 5.00. The SMILES string of the molecule is CCCCCC(=O)NC(Cc1ccc(OCOC(=O)OC2CCCCC2)cc1)C(=O)CC(C(=O)NCC(N)=O)C(C)CC. The number of carbonyl (C=O) groups excluding carboxylic acids is 5. The summed E-state index contributed by atoms with van der Waals surface area (Å²) in [6.07, 6.45) is 7.77. The molecule has 1 aromatic rings. The summed E-state index contributed by atoms with van der Waals surface area (Å²) >= 11 is 0. The highest BCUT2D eigenvalue weighted by Gasteiger charge is 2.31. The molecule has 3 unspecified atom stereocenters. The van der Waals surface area contributed by atoms with Crippen LogP contribution in [-0.4, -0.2) is 55.1 Å². The zero-order chi connectivity index (χ0) is 31.6. The van der Waals surface area contributed by atoms with Crippen LogP contribution in [0, 0.1) is 11.8 Å². The van der Waals surface area contributed by atoms with Gasteiger partial charge in [-0.3, -0.25) is 19.2 Å². The fraction of sp³-hybridized carbons (Fsp3) is 0.656. The molecule has 11 nitrogen and oxygen atoms in total. The van der Waals surface area contributed by atoms with Gasteiger partial charge >= 0.3 is 6.16 Å². The van der Waals surface area contributed by atoms with Gasteiger partial charge in [0.1, 0.15) is 11.9 Å². The van der Waals surface area contributed by atoms with E-state index in [2.05, 4.69) is 10.6 Å². The molecule has 1 aromatic carbocycles. The summed E-state index contributed by atoms with van der Waals surface area (Å²) < 4.78 is 15.9. The van der Waals surface area contributed by atoms with Gasteiger partial charge in [0, 0.05) is 18.8 Å². The van der Waals surface area contributed by atoms with Crippen LogP contribution in [0.25, 0.3) is 0 Å². The highest BCUT2D eigenvalue weighted by atomic mass is 16.8. The van der Waals surface area contributed by atoms with Gasteiger partial charge < -0.3 is 30.6 Å². The molecule has 4 N–H and O–H groups in total. The first-order valence-electron chi connectivity index (χ1n) is 15.6. The zero-order valence-corrected chi connectivity index (χ0v) is 25.9. The van der Waals surface area contributed by atoms with Crippen molar-refractivity contribution in [2.24, 2.45) is 17.6 Å². The van der Waals surface area contributed by atoms with Crippen LogP contribution in [0.15, 0.2) is 24.3 Å². The van der Waals surface area contributed by atoms with Crippen LogP contribution in [-0.2, 0) is 35.1 Å². The predicted molar refractivity (Wildman–Crippen MR) is 161 cm³/mol. The average Bonchev–Trinajstić information content (AvgIpc) is 2.99. The van der Waals surface area contributed by atoms with Crippen LogP contribution in [0.3, 0.4) is 0 Å². The molecule has 1 aliphatic rings. The molecule has 1 saturated carbocycles. The number of hydrogen-bond donors (Lipinski definition) is 3. The number of rotatable bonds is 19. The highest BCUT2D eigenvalue weighted by molar-refractivity contribution is 5.93. The molecule has 0 aromatic heterocycles. The molecule has 0 aliphatic heterocycles. The summed E-state index contributed by atoms with van der Waals surface area (Å²) in [5, 5.41) is 5.38. The van der Waals surface area contributed by atoms with Crippen molar-refractivity contribution < 1.29 is 38.2 Å². The van der Waals surface area contributed by atoms with Gasteiger partial charge in [-0.25, -0.2) is 4.79 Å². The number of carbonyl (C=O) groups is 5. The Hall–Kier alpha value is -3.63. The molecule has 0 spiro atoms. The summed E-state index contributed by atoms with van der Waals surface area (Å²) in [5.41, 5.74) is 5.94. The lowest BCUT2D eigenvalue weighted by Crippen LogP contribution is -2.45. The molecular weight excluding hydrogens is 554 g/mol. The molecule has 0 radical (unpaired) electrons. The third kappa shape index (κ3) is 13.9. The van der Waals surface area contributed by atoms with Crippen LogP contribution in [0.4, 0.5) is 4.79 Å². The Bertz CT molecular complexity index is 1040. The van der Waals surface area contributed by atoms with Gasteiger partial charge in [0.05, 0.1) is 12.6 Å². The number of nitrogens with one attached hydrogen (secondary N) is 2. The van der Waals surface area contributed by atoms with E-state index in [1.807, 2.05) is 20.8 Å². The number of ketones is 1. The topological polar surface area (TPSA) is 163 Å². The zero-order valence-electron chi connectivity index (χ0n) is 25.9. The molecule has 3 amide bonds. The summed E-state index contributed by atoms with van der Waals surface area (Å²) in [6.45, 7) is 5.24. The van der Waals surface area contributed by atoms with Crippen LogP contribution in [0.5, 0.6) is 5.75 Å². The molecular formula is C32H49N3O8. The maximum absolute atomic E-state index is 13.5. The molecule has 0 heterocycles. The number of benzene rings is 1. The van der Waals surface area contributed by atoms with Gasteiger partial charge in [0.15, 0.2) is 5.78 Å². The Morgan fingerprint density at radius 1 is 1.00 bits per heavy atom. The summed E-state index contributed by atoms with van der Waals surface area (Å²) in [5.74, 6) is -1.91. The Labute approximate surface area is 255 Å². The average molecular weight is 604 g/mol. The molecule has 43 heavy (non-hydrogen) atoms. The van der Waals surface area contributed by atoms with E-state index in [1.54, 1.807) is 24.3 Å². The first-order chi connectivity index (χ1) is 20.6. The van der Waals surface area contributed by atoms with Gasteiger partial charge in [0.25, 0.3) is 0 Å². The largest absolute Gasteiger partial charge is 0.511 e. The number of amides is 3.